The molecule has 0 fully saturated rings. The number of aromatic nitrogens is 2. The first-order valence-corrected chi connectivity index (χ1v) is 17.6. The molecule has 7 aromatic carbocycles. The number of para-hydroxylation sites is 2. The standard InChI is InChI=1S/C46H28N2OS/c1-3-13-29(14-4-1)31-25-32(34-19-11-20-37-35-17-7-9-23-42(35)49-44(34)37)27-33(26-31)40-28-41(48-46(47-40)30-15-5-2-6-16-30)39-22-12-21-38-36-18-8-10-24-43(36)50-45(38)39/h1-28H. The van der Waals surface area contributed by atoms with E-state index in [0.29, 0.717) is 5.82 Å². The maximum atomic E-state index is 6.52. The van der Waals surface area contributed by atoms with Crippen LogP contribution in [0.5, 0.6) is 0 Å². The van der Waals surface area contributed by atoms with Gasteiger partial charge in [-0.15, -0.1) is 11.3 Å². The van der Waals surface area contributed by atoms with Crippen molar-refractivity contribution >= 4 is 53.4 Å². The van der Waals surface area contributed by atoms with Crippen molar-refractivity contribution in [3.05, 3.63) is 170 Å². The minimum absolute atomic E-state index is 0.697. The molecule has 3 nitrogen and oxygen atoms in total. The lowest BCUT2D eigenvalue weighted by atomic mass is 9.93. The van der Waals surface area contributed by atoms with Gasteiger partial charge in [-0.25, -0.2) is 9.97 Å². The molecule has 4 heteroatoms. The molecule has 0 saturated carbocycles. The quantitative estimate of drug-likeness (QED) is 0.185. The Balaban J connectivity index is 1.23. The van der Waals surface area contributed by atoms with Crippen molar-refractivity contribution in [1.29, 1.82) is 0 Å². The van der Waals surface area contributed by atoms with E-state index in [1.54, 1.807) is 0 Å². The number of benzene rings is 7. The van der Waals surface area contributed by atoms with Crippen LogP contribution in [0.2, 0.25) is 0 Å². The molecule has 0 spiro atoms. The van der Waals surface area contributed by atoms with Gasteiger partial charge < -0.3 is 4.42 Å². The number of hydrogen-bond donors (Lipinski definition) is 0. The highest BCUT2D eigenvalue weighted by atomic mass is 32.1. The van der Waals surface area contributed by atoms with Crippen molar-refractivity contribution < 1.29 is 4.42 Å². The van der Waals surface area contributed by atoms with Crippen LogP contribution in [0.15, 0.2) is 174 Å². The molecule has 0 unspecified atom stereocenters. The molecule has 0 aliphatic carbocycles. The maximum absolute atomic E-state index is 6.52. The molecule has 0 aliphatic rings. The first-order chi connectivity index (χ1) is 24.8. The van der Waals surface area contributed by atoms with Crippen LogP contribution < -0.4 is 0 Å². The summed E-state index contributed by atoms with van der Waals surface area (Å²) in [5.74, 6) is 0.697. The molecule has 3 heterocycles. The Morgan fingerprint density at radius 3 is 1.86 bits per heavy atom. The number of furan rings is 1. The van der Waals surface area contributed by atoms with E-state index in [-0.39, 0.29) is 0 Å². The Kier molecular flexibility index (Phi) is 6.68. The number of rotatable bonds is 5. The summed E-state index contributed by atoms with van der Waals surface area (Å²) in [6.07, 6.45) is 0. The summed E-state index contributed by atoms with van der Waals surface area (Å²) in [6.45, 7) is 0. The second kappa shape index (κ2) is 11.7. The van der Waals surface area contributed by atoms with Gasteiger partial charge in [0.2, 0.25) is 0 Å². The molecule has 3 aromatic heterocycles. The fraction of sp³-hybridized carbons (Fsp3) is 0. The van der Waals surface area contributed by atoms with Gasteiger partial charge in [0.25, 0.3) is 0 Å². The van der Waals surface area contributed by atoms with E-state index in [0.717, 1.165) is 72.3 Å². The zero-order valence-corrected chi connectivity index (χ0v) is 27.7. The number of thiophene rings is 1. The minimum atomic E-state index is 0.697. The molecule has 0 radical (unpaired) electrons. The molecule has 10 aromatic rings. The zero-order valence-electron chi connectivity index (χ0n) is 26.9. The van der Waals surface area contributed by atoms with Gasteiger partial charge in [-0.3, -0.25) is 0 Å². The van der Waals surface area contributed by atoms with Crippen molar-refractivity contribution in [3.8, 4) is 56.2 Å². The highest BCUT2D eigenvalue weighted by molar-refractivity contribution is 7.26. The fourth-order valence-electron chi connectivity index (χ4n) is 7.10. The molecule has 50 heavy (non-hydrogen) atoms. The molecular formula is C46H28N2OS. The van der Waals surface area contributed by atoms with Crippen LogP contribution in [0.1, 0.15) is 0 Å². The van der Waals surface area contributed by atoms with Gasteiger partial charge in [0.15, 0.2) is 5.82 Å². The highest BCUT2D eigenvalue weighted by Crippen LogP contribution is 2.42. The molecule has 234 valence electrons. The van der Waals surface area contributed by atoms with Gasteiger partial charge in [0.1, 0.15) is 11.2 Å². The Morgan fingerprint density at radius 2 is 1.02 bits per heavy atom. The van der Waals surface area contributed by atoms with E-state index in [2.05, 4.69) is 140 Å². The first kappa shape index (κ1) is 28.6. The summed E-state index contributed by atoms with van der Waals surface area (Å²) >= 11 is 1.82. The SMILES string of the molecule is c1ccc(-c2cc(-c3cc(-c4cccc5c4sc4ccccc45)nc(-c4ccccc4)n3)cc(-c3cccc4c3oc3ccccc34)c2)cc1. The van der Waals surface area contributed by atoms with E-state index in [1.807, 2.05) is 41.7 Å². The molecule has 0 saturated heterocycles. The monoisotopic (exact) mass is 656 g/mol. The average molecular weight is 657 g/mol. The third kappa shape index (κ3) is 4.80. The molecule has 0 N–H and O–H groups in total. The minimum Gasteiger partial charge on any atom is -0.455 e. The topological polar surface area (TPSA) is 38.9 Å². The average Bonchev–Trinajstić information content (AvgIpc) is 3.77. The van der Waals surface area contributed by atoms with Crippen LogP contribution in [0, 0.1) is 0 Å². The summed E-state index contributed by atoms with van der Waals surface area (Å²) in [4.78, 5) is 10.5. The predicted octanol–water partition coefficient (Wildman–Crippen LogP) is 13.1. The van der Waals surface area contributed by atoms with Gasteiger partial charge in [0, 0.05) is 53.2 Å². The third-order valence-corrected chi connectivity index (χ3v) is 10.7. The normalized spacial score (nSPS) is 11.6. The fourth-order valence-corrected chi connectivity index (χ4v) is 8.33. The Hall–Kier alpha value is -6.36. The van der Waals surface area contributed by atoms with Crippen LogP contribution in [-0.4, -0.2) is 9.97 Å². The number of hydrogen-bond acceptors (Lipinski definition) is 4. The Morgan fingerprint density at radius 1 is 0.400 bits per heavy atom. The van der Waals surface area contributed by atoms with Crippen LogP contribution in [0.3, 0.4) is 0 Å². The summed E-state index contributed by atoms with van der Waals surface area (Å²) in [5.41, 5.74) is 11.0. The lowest BCUT2D eigenvalue weighted by Crippen LogP contribution is -1.96. The van der Waals surface area contributed by atoms with Gasteiger partial charge in [0.05, 0.1) is 11.4 Å². The lowest BCUT2D eigenvalue weighted by molar-refractivity contribution is 0.670. The molecule has 10 rings (SSSR count). The van der Waals surface area contributed by atoms with Crippen LogP contribution in [-0.2, 0) is 0 Å². The number of nitrogens with zero attached hydrogens (tertiary/aromatic N) is 2. The van der Waals surface area contributed by atoms with Crippen molar-refractivity contribution in [2.24, 2.45) is 0 Å². The molecule has 0 amide bonds. The van der Waals surface area contributed by atoms with Crippen LogP contribution >= 0.6 is 11.3 Å². The van der Waals surface area contributed by atoms with Crippen molar-refractivity contribution in [1.82, 2.24) is 9.97 Å². The van der Waals surface area contributed by atoms with E-state index in [9.17, 15) is 0 Å². The summed E-state index contributed by atoms with van der Waals surface area (Å²) in [6, 6.07) is 59.6. The third-order valence-electron chi connectivity index (χ3n) is 9.49. The Bertz CT molecular complexity index is 2670. The largest absolute Gasteiger partial charge is 0.455 e. The van der Waals surface area contributed by atoms with Crippen molar-refractivity contribution in [2.45, 2.75) is 0 Å². The Labute approximate surface area is 292 Å². The maximum Gasteiger partial charge on any atom is 0.160 e. The molecule has 0 aliphatic heterocycles. The smallest absolute Gasteiger partial charge is 0.160 e. The summed E-state index contributed by atoms with van der Waals surface area (Å²) in [5, 5.41) is 4.74. The molecule has 0 bridgehead atoms. The zero-order chi connectivity index (χ0) is 33.0. The second-order valence-electron chi connectivity index (χ2n) is 12.6. The van der Waals surface area contributed by atoms with Gasteiger partial charge in [-0.2, -0.15) is 0 Å². The van der Waals surface area contributed by atoms with Crippen LogP contribution in [0.4, 0.5) is 0 Å². The lowest BCUT2D eigenvalue weighted by Gasteiger charge is -2.13. The predicted molar refractivity (Wildman–Crippen MR) is 209 cm³/mol. The van der Waals surface area contributed by atoms with E-state index in [1.165, 1.54) is 20.2 Å². The number of fused-ring (bicyclic) bond motifs is 6. The van der Waals surface area contributed by atoms with Crippen molar-refractivity contribution in [2.75, 3.05) is 0 Å². The van der Waals surface area contributed by atoms with E-state index >= 15 is 0 Å². The molecular weight excluding hydrogens is 629 g/mol. The van der Waals surface area contributed by atoms with Gasteiger partial charge in [-0.1, -0.05) is 133 Å². The van der Waals surface area contributed by atoms with Gasteiger partial charge >= 0.3 is 0 Å². The van der Waals surface area contributed by atoms with E-state index in [4.69, 9.17) is 14.4 Å². The summed E-state index contributed by atoms with van der Waals surface area (Å²) < 4.78 is 9.02. The van der Waals surface area contributed by atoms with Crippen molar-refractivity contribution in [3.63, 3.8) is 0 Å². The van der Waals surface area contributed by atoms with E-state index < -0.39 is 0 Å². The molecule has 0 atom stereocenters. The van der Waals surface area contributed by atoms with Gasteiger partial charge in [-0.05, 0) is 53.1 Å². The highest BCUT2D eigenvalue weighted by Gasteiger charge is 2.18. The first-order valence-electron chi connectivity index (χ1n) is 16.7. The second-order valence-corrected chi connectivity index (χ2v) is 13.6. The summed E-state index contributed by atoms with van der Waals surface area (Å²) in [7, 11) is 0. The van der Waals surface area contributed by atoms with Crippen LogP contribution in [0.25, 0.3) is 98.3 Å².